The van der Waals surface area contributed by atoms with Crippen molar-refractivity contribution in [2.24, 2.45) is 0 Å². The van der Waals surface area contributed by atoms with Crippen LogP contribution in [0.3, 0.4) is 0 Å². The molecule has 0 aliphatic rings. The lowest BCUT2D eigenvalue weighted by atomic mass is 10.0. The maximum atomic E-state index is 5.24. The molecule has 0 aliphatic heterocycles. The summed E-state index contributed by atoms with van der Waals surface area (Å²) in [5.41, 5.74) is 10.8. The Morgan fingerprint density at radius 1 is 0.422 bits per heavy atom. The molecule has 9 rings (SSSR count). The number of nitrogens with zero attached hydrogens (tertiary/aromatic N) is 4. The van der Waals surface area contributed by atoms with Crippen molar-refractivity contribution < 1.29 is 0 Å². The summed E-state index contributed by atoms with van der Waals surface area (Å²) in [5.74, 6) is 0.659. The van der Waals surface area contributed by atoms with Gasteiger partial charge in [-0.2, -0.15) is 0 Å². The predicted molar refractivity (Wildman–Crippen MR) is 186 cm³/mol. The summed E-state index contributed by atoms with van der Waals surface area (Å²) in [5, 5.41) is 4.92. The quantitative estimate of drug-likeness (QED) is 0.209. The molecule has 0 saturated carbocycles. The van der Waals surface area contributed by atoms with Crippen LogP contribution in [0.1, 0.15) is 5.56 Å². The van der Waals surface area contributed by atoms with Crippen molar-refractivity contribution in [2.45, 2.75) is 6.92 Å². The molecule has 0 saturated heterocycles. The van der Waals surface area contributed by atoms with Crippen LogP contribution in [0, 0.1) is 6.92 Å². The van der Waals surface area contributed by atoms with E-state index >= 15 is 0 Å². The number of hydrogen-bond donors (Lipinski definition) is 0. The van der Waals surface area contributed by atoms with E-state index in [-0.39, 0.29) is 0 Å². The maximum absolute atomic E-state index is 5.24. The van der Waals surface area contributed by atoms with E-state index in [0.29, 0.717) is 5.95 Å². The van der Waals surface area contributed by atoms with Crippen molar-refractivity contribution in [3.05, 3.63) is 157 Å². The molecule has 3 heterocycles. The number of benzene rings is 6. The van der Waals surface area contributed by atoms with Crippen LogP contribution >= 0.6 is 0 Å². The number of aromatic nitrogens is 4. The number of para-hydroxylation sites is 2. The topological polar surface area (TPSA) is 35.6 Å². The van der Waals surface area contributed by atoms with E-state index in [0.717, 1.165) is 39.2 Å². The van der Waals surface area contributed by atoms with Crippen molar-refractivity contribution in [3.8, 4) is 34.2 Å². The van der Waals surface area contributed by atoms with Crippen LogP contribution in [0.15, 0.2) is 152 Å². The summed E-state index contributed by atoms with van der Waals surface area (Å²) in [4.78, 5) is 10.5. The third kappa shape index (κ3) is 3.93. The monoisotopic (exact) mass is 576 g/mol. The largest absolute Gasteiger partial charge is 0.309 e. The normalized spacial score (nSPS) is 11.7. The molecular formula is C41H28N4. The van der Waals surface area contributed by atoms with Gasteiger partial charge in [0.25, 0.3) is 0 Å². The zero-order valence-corrected chi connectivity index (χ0v) is 24.7. The molecule has 0 N–H and O–H groups in total. The fourth-order valence-corrected chi connectivity index (χ4v) is 6.90. The number of aryl methyl sites for hydroxylation is 1. The first-order valence-electron chi connectivity index (χ1n) is 15.3. The third-order valence-corrected chi connectivity index (χ3v) is 8.87. The molecule has 9 aromatic rings. The molecule has 0 bridgehead atoms. The summed E-state index contributed by atoms with van der Waals surface area (Å²) in [6.07, 6.45) is 0. The Morgan fingerprint density at radius 3 is 1.62 bits per heavy atom. The Labute approximate surface area is 260 Å². The summed E-state index contributed by atoms with van der Waals surface area (Å²) in [6, 6.07) is 53.3. The zero-order valence-electron chi connectivity index (χ0n) is 24.7. The van der Waals surface area contributed by atoms with Gasteiger partial charge in [-0.3, -0.25) is 4.57 Å². The average Bonchev–Trinajstić information content (AvgIpc) is 3.63. The van der Waals surface area contributed by atoms with Gasteiger partial charge in [-0.15, -0.1) is 0 Å². The lowest BCUT2D eigenvalue weighted by Crippen LogP contribution is -2.04. The summed E-state index contributed by atoms with van der Waals surface area (Å²) in [7, 11) is 0. The van der Waals surface area contributed by atoms with Crippen LogP contribution < -0.4 is 0 Å². The molecule has 0 amide bonds. The molecule has 3 aromatic heterocycles. The minimum atomic E-state index is 0.659. The van der Waals surface area contributed by atoms with Gasteiger partial charge in [0.1, 0.15) is 0 Å². The highest BCUT2D eigenvalue weighted by Crippen LogP contribution is 2.43. The minimum absolute atomic E-state index is 0.659. The van der Waals surface area contributed by atoms with Crippen LogP contribution in [-0.4, -0.2) is 19.1 Å². The Morgan fingerprint density at radius 2 is 0.956 bits per heavy atom. The summed E-state index contributed by atoms with van der Waals surface area (Å²) >= 11 is 0. The van der Waals surface area contributed by atoms with Crippen molar-refractivity contribution >= 4 is 43.6 Å². The Bertz CT molecular complexity index is 2470. The standard InChI is InChI=1S/C41H28N4/c1-27-14-13-23-35-38(27)40-37(25-24-36-39(40)31-21-11-12-22-34(31)44(36)30-19-9-4-10-20-30)45(35)41-42-32(28-15-5-2-6-16-28)26-33(43-41)29-17-7-3-8-18-29/h2-26H,1H3. The summed E-state index contributed by atoms with van der Waals surface area (Å²) < 4.78 is 4.64. The van der Waals surface area contributed by atoms with Gasteiger partial charge in [0.05, 0.1) is 33.5 Å². The second-order valence-corrected chi connectivity index (χ2v) is 11.5. The molecule has 0 atom stereocenters. The molecule has 0 unspecified atom stereocenters. The van der Waals surface area contributed by atoms with E-state index in [2.05, 4.69) is 156 Å². The fourth-order valence-electron chi connectivity index (χ4n) is 6.90. The van der Waals surface area contributed by atoms with E-state index in [1.165, 1.54) is 38.1 Å². The van der Waals surface area contributed by atoms with Gasteiger partial charge in [0, 0.05) is 38.4 Å². The summed E-state index contributed by atoms with van der Waals surface area (Å²) in [6.45, 7) is 2.21. The molecule has 212 valence electrons. The maximum Gasteiger partial charge on any atom is 0.235 e. The van der Waals surface area contributed by atoms with E-state index in [1.807, 2.05) is 12.1 Å². The van der Waals surface area contributed by atoms with Crippen molar-refractivity contribution in [3.63, 3.8) is 0 Å². The van der Waals surface area contributed by atoms with Crippen molar-refractivity contribution in [1.82, 2.24) is 19.1 Å². The van der Waals surface area contributed by atoms with Crippen molar-refractivity contribution in [1.29, 1.82) is 0 Å². The van der Waals surface area contributed by atoms with Crippen LogP contribution in [0.25, 0.3) is 77.8 Å². The number of hydrogen-bond acceptors (Lipinski definition) is 2. The SMILES string of the molecule is Cc1cccc2c1c1c3c4ccccc4n(-c4ccccc4)c3ccc1n2-c1nc(-c2ccccc2)cc(-c2ccccc2)n1. The van der Waals surface area contributed by atoms with Crippen LogP contribution in [0.5, 0.6) is 0 Å². The highest BCUT2D eigenvalue weighted by molar-refractivity contribution is 6.29. The van der Waals surface area contributed by atoms with Crippen molar-refractivity contribution in [2.75, 3.05) is 0 Å². The van der Waals surface area contributed by atoms with Crippen LogP contribution in [-0.2, 0) is 0 Å². The Kier molecular flexibility index (Phi) is 5.69. The predicted octanol–water partition coefficient (Wildman–Crippen LogP) is 10.3. The van der Waals surface area contributed by atoms with Crippen LogP contribution in [0.2, 0.25) is 0 Å². The number of rotatable bonds is 4. The average molecular weight is 577 g/mol. The van der Waals surface area contributed by atoms with E-state index < -0.39 is 0 Å². The second-order valence-electron chi connectivity index (χ2n) is 11.5. The molecule has 0 radical (unpaired) electrons. The first kappa shape index (κ1) is 25.5. The lowest BCUT2D eigenvalue weighted by Gasteiger charge is -2.12. The zero-order chi connectivity index (χ0) is 29.9. The Hall–Kier alpha value is -6.00. The van der Waals surface area contributed by atoms with E-state index in [9.17, 15) is 0 Å². The highest BCUT2D eigenvalue weighted by atomic mass is 15.2. The van der Waals surface area contributed by atoms with Gasteiger partial charge in [-0.1, -0.05) is 109 Å². The fraction of sp³-hybridized carbons (Fsp3) is 0.0244. The van der Waals surface area contributed by atoms with Gasteiger partial charge in [-0.25, -0.2) is 9.97 Å². The van der Waals surface area contributed by atoms with E-state index in [1.54, 1.807) is 0 Å². The third-order valence-electron chi connectivity index (χ3n) is 8.87. The van der Waals surface area contributed by atoms with Crippen LogP contribution in [0.4, 0.5) is 0 Å². The van der Waals surface area contributed by atoms with Gasteiger partial charge in [-0.05, 0) is 55.0 Å². The minimum Gasteiger partial charge on any atom is -0.309 e. The molecule has 4 nitrogen and oxygen atoms in total. The van der Waals surface area contributed by atoms with Gasteiger partial charge in [0.2, 0.25) is 5.95 Å². The first-order chi connectivity index (χ1) is 22.3. The van der Waals surface area contributed by atoms with Gasteiger partial charge >= 0.3 is 0 Å². The van der Waals surface area contributed by atoms with Gasteiger partial charge in [0.15, 0.2) is 0 Å². The number of fused-ring (bicyclic) bond motifs is 7. The molecule has 45 heavy (non-hydrogen) atoms. The molecule has 4 heteroatoms. The van der Waals surface area contributed by atoms with E-state index in [4.69, 9.17) is 9.97 Å². The molecule has 0 aliphatic carbocycles. The Balaban J connectivity index is 1.43. The second kappa shape index (κ2) is 10.0. The molecular weight excluding hydrogens is 548 g/mol. The molecule has 0 spiro atoms. The van der Waals surface area contributed by atoms with Gasteiger partial charge < -0.3 is 4.57 Å². The lowest BCUT2D eigenvalue weighted by molar-refractivity contribution is 0.995. The molecule has 6 aromatic carbocycles. The molecule has 0 fully saturated rings. The first-order valence-corrected chi connectivity index (χ1v) is 15.3. The smallest absolute Gasteiger partial charge is 0.235 e. The highest BCUT2D eigenvalue weighted by Gasteiger charge is 2.23.